The molecule has 1 N–H and O–H groups in total. The highest BCUT2D eigenvalue weighted by Crippen LogP contribution is 2.21. The van der Waals surface area contributed by atoms with E-state index in [0.717, 1.165) is 18.4 Å². The minimum atomic E-state index is -3.41. The maximum atomic E-state index is 12.4. The van der Waals surface area contributed by atoms with Gasteiger partial charge in [0.05, 0.1) is 6.04 Å². The Bertz CT molecular complexity index is 513. The third-order valence-electron chi connectivity index (χ3n) is 3.73. The van der Waals surface area contributed by atoms with Gasteiger partial charge >= 0.3 is 0 Å². The summed E-state index contributed by atoms with van der Waals surface area (Å²) < 4.78 is 29.2. The summed E-state index contributed by atoms with van der Waals surface area (Å²) in [6, 6.07) is 9.40. The normalized spacial score (nSPS) is 19.9. The lowest BCUT2D eigenvalue weighted by atomic mass is 10.0. The highest BCUT2D eigenvalue weighted by Gasteiger charge is 2.28. The molecule has 112 valence electrons. The van der Waals surface area contributed by atoms with E-state index in [1.165, 1.54) is 0 Å². The highest BCUT2D eigenvalue weighted by molar-refractivity contribution is 9.09. The topological polar surface area (TPSA) is 49.4 Å². The van der Waals surface area contributed by atoms with E-state index >= 15 is 0 Å². The highest BCUT2D eigenvalue weighted by atomic mass is 79.9. The van der Waals surface area contributed by atoms with Crippen molar-refractivity contribution in [3.05, 3.63) is 35.9 Å². The molecule has 1 atom stereocenters. The van der Waals surface area contributed by atoms with Crippen LogP contribution in [0.2, 0.25) is 0 Å². The summed E-state index contributed by atoms with van der Waals surface area (Å²) in [5, 5.41) is 0.556. The second-order valence-corrected chi connectivity index (χ2v) is 7.67. The van der Waals surface area contributed by atoms with Gasteiger partial charge in [0, 0.05) is 18.4 Å². The summed E-state index contributed by atoms with van der Waals surface area (Å²) in [5.74, 6) is 0.613. The van der Waals surface area contributed by atoms with Gasteiger partial charge in [0.1, 0.15) is 0 Å². The standard InChI is InChI=1S/C14H21BrN2O2S/c1-12-7-9-17(10-8-12)20(18,19)16-14(11-15)13-5-3-2-4-6-13/h2-6,12,14,16H,7-11H2,1H3. The molecule has 4 nitrogen and oxygen atoms in total. The monoisotopic (exact) mass is 360 g/mol. The van der Waals surface area contributed by atoms with Crippen molar-refractivity contribution in [2.45, 2.75) is 25.8 Å². The molecular formula is C14H21BrN2O2S. The molecule has 1 heterocycles. The molecular weight excluding hydrogens is 340 g/mol. The Morgan fingerprint density at radius 2 is 1.90 bits per heavy atom. The van der Waals surface area contributed by atoms with Crippen molar-refractivity contribution in [3.8, 4) is 0 Å². The first-order valence-electron chi connectivity index (χ1n) is 6.91. The fourth-order valence-electron chi connectivity index (χ4n) is 2.35. The lowest BCUT2D eigenvalue weighted by molar-refractivity contribution is 0.284. The summed E-state index contributed by atoms with van der Waals surface area (Å²) in [4.78, 5) is 0. The molecule has 0 spiro atoms. The number of piperidine rings is 1. The van der Waals surface area contributed by atoms with E-state index in [-0.39, 0.29) is 6.04 Å². The predicted octanol–water partition coefficient (Wildman–Crippen LogP) is 2.69. The minimum Gasteiger partial charge on any atom is -0.195 e. The third-order valence-corrected chi connectivity index (χ3v) is 6.00. The summed E-state index contributed by atoms with van der Waals surface area (Å²) in [6.45, 7) is 3.39. The average Bonchev–Trinajstić information content (AvgIpc) is 2.46. The van der Waals surface area contributed by atoms with Crippen molar-refractivity contribution >= 4 is 26.1 Å². The van der Waals surface area contributed by atoms with Crippen LogP contribution < -0.4 is 4.72 Å². The summed E-state index contributed by atoms with van der Waals surface area (Å²) in [6.07, 6.45) is 1.87. The van der Waals surface area contributed by atoms with Crippen LogP contribution >= 0.6 is 15.9 Å². The van der Waals surface area contributed by atoms with Crippen LogP contribution in [0.15, 0.2) is 30.3 Å². The molecule has 0 radical (unpaired) electrons. The molecule has 0 aromatic heterocycles. The van der Waals surface area contributed by atoms with Gasteiger partial charge in [-0.1, -0.05) is 53.2 Å². The van der Waals surface area contributed by atoms with Gasteiger partial charge in [0.15, 0.2) is 0 Å². The number of hydrogen-bond donors (Lipinski definition) is 1. The number of nitrogens with zero attached hydrogens (tertiary/aromatic N) is 1. The summed E-state index contributed by atoms with van der Waals surface area (Å²) >= 11 is 3.39. The van der Waals surface area contributed by atoms with Gasteiger partial charge in [-0.05, 0) is 24.3 Å². The predicted molar refractivity (Wildman–Crippen MR) is 85.0 cm³/mol. The summed E-state index contributed by atoms with van der Waals surface area (Å²) in [7, 11) is -3.41. The molecule has 1 saturated heterocycles. The first kappa shape index (κ1) is 15.9. The van der Waals surface area contributed by atoms with E-state index in [0.29, 0.717) is 24.3 Å². The van der Waals surface area contributed by atoms with Crippen LogP contribution in [0.25, 0.3) is 0 Å². The van der Waals surface area contributed by atoms with Gasteiger partial charge in [-0.3, -0.25) is 0 Å². The number of halogens is 1. The van der Waals surface area contributed by atoms with E-state index < -0.39 is 10.2 Å². The maximum absolute atomic E-state index is 12.4. The summed E-state index contributed by atoms with van der Waals surface area (Å²) in [5.41, 5.74) is 0.971. The fourth-order valence-corrected chi connectivity index (χ4v) is 4.52. The average molecular weight is 361 g/mol. The van der Waals surface area contributed by atoms with E-state index in [2.05, 4.69) is 27.6 Å². The quantitative estimate of drug-likeness (QED) is 0.820. The van der Waals surface area contributed by atoms with Crippen LogP contribution in [0.5, 0.6) is 0 Å². The molecule has 1 aromatic carbocycles. The van der Waals surface area contributed by atoms with Crippen molar-refractivity contribution in [1.29, 1.82) is 0 Å². The molecule has 0 aliphatic carbocycles. The van der Waals surface area contributed by atoms with Crippen LogP contribution in [-0.4, -0.2) is 31.1 Å². The Morgan fingerprint density at radius 1 is 1.30 bits per heavy atom. The van der Waals surface area contributed by atoms with E-state index in [4.69, 9.17) is 0 Å². The molecule has 1 aliphatic rings. The fraction of sp³-hybridized carbons (Fsp3) is 0.571. The van der Waals surface area contributed by atoms with Crippen molar-refractivity contribution in [3.63, 3.8) is 0 Å². The van der Waals surface area contributed by atoms with Crippen LogP contribution in [0, 0.1) is 5.92 Å². The molecule has 0 saturated carbocycles. The van der Waals surface area contributed by atoms with Gasteiger partial charge in [-0.2, -0.15) is 17.4 Å². The molecule has 0 bridgehead atoms. The Kier molecular flexibility index (Phi) is 5.60. The third kappa shape index (κ3) is 4.04. The SMILES string of the molecule is CC1CCN(S(=O)(=O)NC(CBr)c2ccccc2)CC1. The van der Waals surface area contributed by atoms with Gasteiger partial charge in [-0.15, -0.1) is 0 Å². The first-order valence-corrected chi connectivity index (χ1v) is 9.47. The maximum Gasteiger partial charge on any atom is 0.280 e. The second-order valence-electron chi connectivity index (χ2n) is 5.32. The Labute approximate surface area is 129 Å². The van der Waals surface area contributed by atoms with Crippen molar-refractivity contribution in [1.82, 2.24) is 9.03 Å². The largest absolute Gasteiger partial charge is 0.280 e. The number of benzene rings is 1. The lowest BCUT2D eigenvalue weighted by Gasteiger charge is -2.31. The van der Waals surface area contributed by atoms with E-state index in [1.54, 1.807) is 4.31 Å². The molecule has 1 fully saturated rings. The molecule has 0 amide bonds. The zero-order chi connectivity index (χ0) is 14.6. The molecule has 1 aromatic rings. The first-order chi connectivity index (χ1) is 9.53. The van der Waals surface area contributed by atoms with Crippen molar-refractivity contribution in [2.24, 2.45) is 5.92 Å². The lowest BCUT2D eigenvalue weighted by Crippen LogP contribution is -2.46. The zero-order valence-electron chi connectivity index (χ0n) is 11.6. The van der Waals surface area contributed by atoms with Crippen molar-refractivity contribution < 1.29 is 8.42 Å². The number of alkyl halides is 1. The number of hydrogen-bond acceptors (Lipinski definition) is 2. The Morgan fingerprint density at radius 3 is 2.45 bits per heavy atom. The van der Waals surface area contributed by atoms with Gasteiger partial charge in [0.2, 0.25) is 0 Å². The second kappa shape index (κ2) is 7.02. The van der Waals surface area contributed by atoms with Crippen LogP contribution in [0.1, 0.15) is 31.4 Å². The van der Waals surface area contributed by atoms with Gasteiger partial charge < -0.3 is 0 Å². The molecule has 1 aliphatic heterocycles. The Balaban J connectivity index is 2.06. The van der Waals surface area contributed by atoms with Gasteiger partial charge in [-0.25, -0.2) is 0 Å². The van der Waals surface area contributed by atoms with Gasteiger partial charge in [0.25, 0.3) is 10.2 Å². The molecule has 6 heteroatoms. The van der Waals surface area contributed by atoms with E-state index in [1.807, 2.05) is 30.3 Å². The van der Waals surface area contributed by atoms with Crippen LogP contribution in [0.4, 0.5) is 0 Å². The van der Waals surface area contributed by atoms with Crippen molar-refractivity contribution in [2.75, 3.05) is 18.4 Å². The van der Waals surface area contributed by atoms with E-state index in [9.17, 15) is 8.42 Å². The van der Waals surface area contributed by atoms with Crippen LogP contribution in [-0.2, 0) is 10.2 Å². The smallest absolute Gasteiger partial charge is 0.195 e. The molecule has 1 unspecified atom stereocenters. The molecule has 2 rings (SSSR count). The number of rotatable bonds is 5. The Hall–Kier alpha value is -0.430. The minimum absolute atomic E-state index is 0.236. The van der Waals surface area contributed by atoms with Crippen LogP contribution in [0.3, 0.4) is 0 Å². The molecule has 20 heavy (non-hydrogen) atoms. The number of nitrogens with one attached hydrogen (secondary N) is 1. The zero-order valence-corrected chi connectivity index (χ0v) is 14.0.